The molecule has 2 aromatic heterocycles. The zero-order valence-corrected chi connectivity index (χ0v) is 17.1. The van der Waals surface area contributed by atoms with E-state index < -0.39 is 0 Å². The summed E-state index contributed by atoms with van der Waals surface area (Å²) in [4.78, 5) is 6.74. The Morgan fingerprint density at radius 3 is 2.57 bits per heavy atom. The molecule has 3 aromatic rings. The summed E-state index contributed by atoms with van der Waals surface area (Å²) in [6.07, 6.45) is 6.14. The van der Waals surface area contributed by atoms with E-state index in [-0.39, 0.29) is 12.1 Å². The Bertz CT molecular complexity index is 969. The molecule has 0 amide bonds. The number of benzene rings is 1. The monoisotopic (exact) mass is 392 g/mol. The molecule has 1 aliphatic heterocycles. The number of hydrogen-bond acceptors (Lipinski definition) is 3. The van der Waals surface area contributed by atoms with Crippen molar-refractivity contribution < 1.29 is 4.74 Å². The van der Waals surface area contributed by atoms with Gasteiger partial charge < -0.3 is 19.5 Å². The average molecular weight is 393 g/mol. The minimum Gasteiger partial charge on any atom is -0.495 e. The molecule has 2 atom stereocenters. The van der Waals surface area contributed by atoms with Crippen LogP contribution in [0.5, 0.6) is 5.75 Å². The fourth-order valence-corrected chi connectivity index (χ4v) is 4.05. The summed E-state index contributed by atoms with van der Waals surface area (Å²) in [7, 11) is 1.69. The lowest BCUT2D eigenvalue weighted by molar-refractivity contribution is 0.414. The number of nitrogens with zero attached hydrogens (tertiary/aromatic N) is 3. The van der Waals surface area contributed by atoms with Crippen LogP contribution in [0, 0.1) is 0 Å². The molecule has 1 N–H and O–H groups in total. The van der Waals surface area contributed by atoms with Gasteiger partial charge in [0, 0.05) is 24.6 Å². The number of hydrogen-bond donors (Lipinski definition) is 1. The molecule has 1 aromatic carbocycles. The summed E-state index contributed by atoms with van der Waals surface area (Å²) in [5.41, 5.74) is 3.09. The van der Waals surface area contributed by atoms with E-state index in [1.165, 1.54) is 5.56 Å². The van der Waals surface area contributed by atoms with Gasteiger partial charge in [-0.3, -0.25) is 4.98 Å². The smallest absolute Gasteiger partial charge is 0.174 e. The molecule has 1 saturated heterocycles. The minimum absolute atomic E-state index is 0.0290. The van der Waals surface area contributed by atoms with Crippen molar-refractivity contribution in [2.45, 2.75) is 32.0 Å². The van der Waals surface area contributed by atoms with Gasteiger partial charge in [-0.25, -0.2) is 0 Å². The van der Waals surface area contributed by atoms with E-state index in [0.717, 1.165) is 17.1 Å². The third-order valence-electron chi connectivity index (χ3n) is 5.12. The number of methoxy groups -OCH3 is 1. The molecule has 0 bridgehead atoms. The second-order valence-electron chi connectivity index (χ2n) is 7.15. The lowest BCUT2D eigenvalue weighted by Gasteiger charge is -2.28. The summed E-state index contributed by atoms with van der Waals surface area (Å²) in [6.45, 7) is 4.35. The summed E-state index contributed by atoms with van der Waals surface area (Å²) in [5.74, 6) is 0.793. The van der Waals surface area contributed by atoms with E-state index in [2.05, 4.69) is 52.1 Å². The van der Waals surface area contributed by atoms with E-state index in [4.69, 9.17) is 17.0 Å². The van der Waals surface area contributed by atoms with Gasteiger partial charge in [0.05, 0.1) is 30.6 Å². The van der Waals surface area contributed by atoms with Crippen molar-refractivity contribution in [1.29, 1.82) is 0 Å². The molecular formula is C22H24N4OS. The van der Waals surface area contributed by atoms with Gasteiger partial charge in [-0.05, 0) is 62.0 Å². The molecule has 0 unspecified atom stereocenters. The zero-order valence-electron chi connectivity index (χ0n) is 16.2. The minimum atomic E-state index is -0.0541. The Balaban J connectivity index is 1.84. The highest BCUT2D eigenvalue weighted by atomic mass is 32.1. The van der Waals surface area contributed by atoms with E-state index in [0.29, 0.717) is 11.2 Å². The second-order valence-corrected chi connectivity index (χ2v) is 7.54. The molecule has 1 aliphatic rings. The van der Waals surface area contributed by atoms with Gasteiger partial charge in [-0.15, -0.1) is 0 Å². The van der Waals surface area contributed by atoms with Crippen LogP contribution in [0.25, 0.3) is 0 Å². The Hall–Kier alpha value is -2.86. The van der Waals surface area contributed by atoms with Crippen molar-refractivity contribution in [2.75, 3.05) is 12.0 Å². The van der Waals surface area contributed by atoms with E-state index in [1.54, 1.807) is 7.11 Å². The van der Waals surface area contributed by atoms with Gasteiger partial charge in [0.15, 0.2) is 5.11 Å². The number of nitrogens with one attached hydrogen (secondary N) is 1. The molecule has 4 rings (SSSR count). The quantitative estimate of drug-likeness (QED) is 0.640. The molecule has 0 spiro atoms. The third-order valence-corrected chi connectivity index (χ3v) is 5.43. The molecule has 1 fully saturated rings. The number of pyridine rings is 1. The van der Waals surface area contributed by atoms with E-state index in [1.807, 2.05) is 48.7 Å². The van der Waals surface area contributed by atoms with Crippen LogP contribution in [0.15, 0.2) is 67.1 Å². The highest BCUT2D eigenvalue weighted by Gasteiger charge is 2.42. The van der Waals surface area contributed by atoms with Crippen molar-refractivity contribution in [3.05, 3.63) is 78.4 Å². The Morgan fingerprint density at radius 1 is 1.11 bits per heavy atom. The normalized spacial score (nSPS) is 19.1. The highest BCUT2D eigenvalue weighted by Crippen LogP contribution is 2.44. The largest absolute Gasteiger partial charge is 0.495 e. The topological polar surface area (TPSA) is 42.3 Å². The van der Waals surface area contributed by atoms with Gasteiger partial charge in [0.2, 0.25) is 0 Å². The first-order valence-electron chi connectivity index (χ1n) is 9.41. The lowest BCUT2D eigenvalue weighted by atomic mass is 9.98. The number of ether oxygens (including phenoxy) is 1. The average Bonchev–Trinajstić information content (AvgIpc) is 3.33. The first-order chi connectivity index (χ1) is 13.6. The van der Waals surface area contributed by atoms with Crippen LogP contribution in [0.1, 0.15) is 43.2 Å². The maximum absolute atomic E-state index is 5.77. The molecule has 0 saturated carbocycles. The van der Waals surface area contributed by atoms with Crippen molar-refractivity contribution in [3.63, 3.8) is 0 Å². The Kier molecular flexibility index (Phi) is 5.05. The van der Waals surface area contributed by atoms with Gasteiger partial charge in [-0.2, -0.15) is 0 Å². The van der Waals surface area contributed by atoms with Crippen molar-refractivity contribution in [3.8, 4) is 5.75 Å². The Labute approximate surface area is 171 Å². The molecular weight excluding hydrogens is 368 g/mol. The van der Waals surface area contributed by atoms with Crippen molar-refractivity contribution in [2.24, 2.45) is 0 Å². The van der Waals surface area contributed by atoms with Crippen LogP contribution < -0.4 is 15.0 Å². The predicted molar refractivity (Wildman–Crippen MR) is 116 cm³/mol. The van der Waals surface area contributed by atoms with Crippen LogP contribution in [0.3, 0.4) is 0 Å². The van der Waals surface area contributed by atoms with Crippen LogP contribution in [0.2, 0.25) is 0 Å². The number of anilines is 1. The maximum atomic E-state index is 5.77. The fraction of sp³-hybridized carbons (Fsp3) is 0.273. The molecule has 144 valence electrons. The number of thiocarbonyl (C=S) groups is 1. The van der Waals surface area contributed by atoms with Crippen LogP contribution >= 0.6 is 12.2 Å². The molecule has 0 aliphatic carbocycles. The molecule has 28 heavy (non-hydrogen) atoms. The molecule has 5 nitrogen and oxygen atoms in total. The maximum Gasteiger partial charge on any atom is 0.174 e. The van der Waals surface area contributed by atoms with Gasteiger partial charge in [-0.1, -0.05) is 18.2 Å². The van der Waals surface area contributed by atoms with Gasteiger partial charge in [0.25, 0.3) is 0 Å². The highest BCUT2D eigenvalue weighted by molar-refractivity contribution is 7.80. The van der Waals surface area contributed by atoms with Crippen LogP contribution in [0.4, 0.5) is 5.69 Å². The predicted octanol–water partition coefficient (Wildman–Crippen LogP) is 4.65. The van der Waals surface area contributed by atoms with Crippen LogP contribution in [-0.2, 0) is 0 Å². The lowest BCUT2D eigenvalue weighted by Crippen LogP contribution is -2.29. The van der Waals surface area contributed by atoms with Crippen LogP contribution in [-0.4, -0.2) is 21.8 Å². The molecule has 6 heteroatoms. The summed E-state index contributed by atoms with van der Waals surface area (Å²) in [6, 6.07) is 16.4. The molecule has 3 heterocycles. The fourth-order valence-electron chi connectivity index (χ4n) is 3.71. The number of rotatable bonds is 5. The SMILES string of the molecule is COc1ccccc1N1C(=S)N[C@@H](c2ccccn2)[C@H]1c1ccn(C(C)C)c1. The third kappa shape index (κ3) is 3.24. The number of para-hydroxylation sites is 2. The first-order valence-corrected chi connectivity index (χ1v) is 9.82. The summed E-state index contributed by atoms with van der Waals surface area (Å²) in [5, 5.41) is 4.16. The summed E-state index contributed by atoms with van der Waals surface area (Å²) >= 11 is 5.77. The zero-order chi connectivity index (χ0) is 19.7. The van der Waals surface area contributed by atoms with E-state index >= 15 is 0 Å². The Morgan fingerprint density at radius 2 is 1.89 bits per heavy atom. The van der Waals surface area contributed by atoms with Gasteiger partial charge in [0.1, 0.15) is 5.75 Å². The number of aromatic nitrogens is 2. The van der Waals surface area contributed by atoms with Crippen molar-refractivity contribution >= 4 is 23.0 Å². The first kappa shape index (κ1) is 18.5. The van der Waals surface area contributed by atoms with Crippen molar-refractivity contribution in [1.82, 2.24) is 14.9 Å². The van der Waals surface area contributed by atoms with E-state index in [9.17, 15) is 0 Å². The van der Waals surface area contributed by atoms with Gasteiger partial charge >= 0.3 is 0 Å². The summed E-state index contributed by atoms with van der Waals surface area (Å²) < 4.78 is 7.84. The standard InChI is InChI=1S/C22H24N4OS/c1-15(2)25-13-11-16(14-25)21-20(17-8-6-7-12-23-17)24-22(28)26(21)18-9-4-5-10-19(18)27-3/h4-15,20-21H,1-3H3,(H,24,28)/t20-,21+/m0/s1. The molecule has 0 radical (unpaired) electrons. The second kappa shape index (κ2) is 7.64.